The lowest BCUT2D eigenvalue weighted by atomic mass is 10.1. The van der Waals surface area contributed by atoms with Crippen molar-refractivity contribution in [2.24, 2.45) is 0 Å². The summed E-state index contributed by atoms with van der Waals surface area (Å²) in [5.41, 5.74) is 1.65. The standard InChI is InChI=1S/C21H23F2NOS/c22-17-9-10-19(23)18(15-17)20-11-12-24(13-14-26-20)21(25)8-4-7-16-5-2-1-3-6-16/h1-3,5-6,9-10,15,20H,4,7-8,11-14H2. The third kappa shape index (κ3) is 5.07. The number of hydrogen-bond donors (Lipinski definition) is 0. The molecule has 0 N–H and O–H groups in total. The minimum Gasteiger partial charge on any atom is -0.342 e. The third-order valence-corrected chi connectivity index (χ3v) is 6.01. The Kier molecular flexibility index (Phi) is 6.67. The summed E-state index contributed by atoms with van der Waals surface area (Å²) >= 11 is 1.60. The van der Waals surface area contributed by atoms with E-state index in [1.807, 2.05) is 23.1 Å². The molecule has 0 spiro atoms. The number of halogens is 2. The molecule has 1 atom stereocenters. The molecule has 138 valence electrons. The first-order valence-electron chi connectivity index (χ1n) is 9.02. The average molecular weight is 375 g/mol. The fourth-order valence-electron chi connectivity index (χ4n) is 3.28. The lowest BCUT2D eigenvalue weighted by Gasteiger charge is -2.20. The van der Waals surface area contributed by atoms with Gasteiger partial charge in [0.25, 0.3) is 0 Å². The third-order valence-electron chi connectivity index (χ3n) is 4.70. The van der Waals surface area contributed by atoms with E-state index in [4.69, 9.17) is 0 Å². The van der Waals surface area contributed by atoms with Crippen LogP contribution in [0.3, 0.4) is 0 Å². The molecule has 1 saturated heterocycles. The van der Waals surface area contributed by atoms with Crippen LogP contribution in [0.4, 0.5) is 8.78 Å². The van der Waals surface area contributed by atoms with Gasteiger partial charge in [-0.15, -0.1) is 0 Å². The van der Waals surface area contributed by atoms with Gasteiger partial charge < -0.3 is 4.90 Å². The molecule has 1 fully saturated rings. The van der Waals surface area contributed by atoms with Crippen LogP contribution in [-0.2, 0) is 11.2 Å². The highest BCUT2D eigenvalue weighted by atomic mass is 32.2. The second-order valence-corrected chi connectivity index (χ2v) is 7.84. The van der Waals surface area contributed by atoms with E-state index >= 15 is 0 Å². The maximum atomic E-state index is 14.0. The van der Waals surface area contributed by atoms with Crippen LogP contribution in [-0.4, -0.2) is 29.6 Å². The number of thioether (sulfide) groups is 1. The number of carbonyl (C=O) groups excluding carboxylic acids is 1. The lowest BCUT2D eigenvalue weighted by molar-refractivity contribution is -0.131. The van der Waals surface area contributed by atoms with Gasteiger partial charge in [0, 0.05) is 36.1 Å². The predicted molar refractivity (Wildman–Crippen MR) is 102 cm³/mol. The molecule has 2 aromatic rings. The first-order valence-corrected chi connectivity index (χ1v) is 10.1. The van der Waals surface area contributed by atoms with Crippen molar-refractivity contribution in [1.29, 1.82) is 0 Å². The highest BCUT2D eigenvalue weighted by Gasteiger charge is 2.24. The molecular formula is C21H23F2NOS. The summed E-state index contributed by atoms with van der Waals surface area (Å²) in [7, 11) is 0. The van der Waals surface area contributed by atoms with Gasteiger partial charge in [0.05, 0.1) is 0 Å². The zero-order chi connectivity index (χ0) is 18.4. The van der Waals surface area contributed by atoms with E-state index < -0.39 is 5.82 Å². The number of rotatable bonds is 5. The van der Waals surface area contributed by atoms with E-state index in [1.165, 1.54) is 17.7 Å². The molecule has 1 heterocycles. The molecule has 0 bridgehead atoms. The Balaban J connectivity index is 1.51. The summed E-state index contributed by atoms with van der Waals surface area (Å²) in [5.74, 6) is 0.110. The predicted octanol–water partition coefficient (Wildman–Crippen LogP) is 4.99. The van der Waals surface area contributed by atoms with Gasteiger partial charge in [-0.2, -0.15) is 11.8 Å². The van der Waals surface area contributed by atoms with Gasteiger partial charge in [0.15, 0.2) is 0 Å². The molecule has 0 saturated carbocycles. The van der Waals surface area contributed by atoms with E-state index in [9.17, 15) is 13.6 Å². The van der Waals surface area contributed by atoms with Crippen LogP contribution in [0.5, 0.6) is 0 Å². The molecule has 0 aromatic heterocycles. The zero-order valence-electron chi connectivity index (χ0n) is 14.7. The molecule has 1 aliphatic rings. The number of hydrogen-bond acceptors (Lipinski definition) is 2. The van der Waals surface area contributed by atoms with Crippen molar-refractivity contribution < 1.29 is 13.6 Å². The quantitative estimate of drug-likeness (QED) is 0.733. The van der Waals surface area contributed by atoms with Crippen molar-refractivity contribution in [2.45, 2.75) is 30.9 Å². The molecule has 1 amide bonds. The summed E-state index contributed by atoms with van der Waals surface area (Å²) in [5, 5.41) is -0.104. The van der Waals surface area contributed by atoms with Crippen LogP contribution in [0, 0.1) is 11.6 Å². The van der Waals surface area contributed by atoms with Crippen molar-refractivity contribution in [3.8, 4) is 0 Å². The fourth-order valence-corrected chi connectivity index (χ4v) is 4.52. The number of carbonyl (C=O) groups is 1. The number of benzene rings is 2. The largest absolute Gasteiger partial charge is 0.342 e. The monoisotopic (exact) mass is 375 g/mol. The second-order valence-electron chi connectivity index (χ2n) is 6.53. The topological polar surface area (TPSA) is 20.3 Å². The molecule has 0 aliphatic carbocycles. The highest BCUT2D eigenvalue weighted by molar-refractivity contribution is 7.99. The minimum absolute atomic E-state index is 0.104. The molecule has 5 heteroatoms. The molecule has 26 heavy (non-hydrogen) atoms. The normalized spacial score (nSPS) is 17.8. The van der Waals surface area contributed by atoms with Crippen LogP contribution in [0.15, 0.2) is 48.5 Å². The Morgan fingerprint density at radius 1 is 1.12 bits per heavy atom. The lowest BCUT2D eigenvalue weighted by Crippen LogP contribution is -2.32. The maximum absolute atomic E-state index is 14.0. The minimum atomic E-state index is -0.417. The van der Waals surface area contributed by atoms with Crippen LogP contribution in [0.2, 0.25) is 0 Å². The van der Waals surface area contributed by atoms with E-state index in [1.54, 1.807) is 11.8 Å². The Morgan fingerprint density at radius 3 is 2.73 bits per heavy atom. The second kappa shape index (κ2) is 9.17. The van der Waals surface area contributed by atoms with E-state index in [2.05, 4.69) is 12.1 Å². The maximum Gasteiger partial charge on any atom is 0.222 e. The summed E-state index contributed by atoms with van der Waals surface area (Å²) in [6.45, 7) is 1.26. The molecule has 2 aromatic carbocycles. The van der Waals surface area contributed by atoms with Crippen LogP contribution in [0.1, 0.15) is 35.6 Å². The van der Waals surface area contributed by atoms with E-state index in [-0.39, 0.29) is 17.0 Å². The first-order chi connectivity index (χ1) is 12.6. The number of nitrogens with zero attached hydrogens (tertiary/aromatic N) is 1. The summed E-state index contributed by atoms with van der Waals surface area (Å²) in [6, 6.07) is 13.8. The van der Waals surface area contributed by atoms with Crippen LogP contribution in [0.25, 0.3) is 0 Å². The van der Waals surface area contributed by atoms with Gasteiger partial charge in [-0.05, 0) is 43.0 Å². The van der Waals surface area contributed by atoms with Gasteiger partial charge in [-0.1, -0.05) is 30.3 Å². The Labute approximate surface area is 157 Å². The van der Waals surface area contributed by atoms with Crippen molar-refractivity contribution in [2.75, 3.05) is 18.8 Å². The van der Waals surface area contributed by atoms with Crippen molar-refractivity contribution in [3.63, 3.8) is 0 Å². The zero-order valence-corrected chi connectivity index (χ0v) is 15.5. The highest BCUT2D eigenvalue weighted by Crippen LogP contribution is 2.36. The van der Waals surface area contributed by atoms with Gasteiger partial charge in [0.2, 0.25) is 5.91 Å². The van der Waals surface area contributed by atoms with Crippen molar-refractivity contribution >= 4 is 17.7 Å². The van der Waals surface area contributed by atoms with Gasteiger partial charge in [-0.25, -0.2) is 8.78 Å². The van der Waals surface area contributed by atoms with Gasteiger partial charge in [-0.3, -0.25) is 4.79 Å². The SMILES string of the molecule is O=C(CCCc1ccccc1)N1CCSC(c2cc(F)ccc2F)CC1. The first kappa shape index (κ1) is 18.9. The summed E-state index contributed by atoms with van der Waals surface area (Å²) < 4.78 is 27.5. The summed E-state index contributed by atoms with van der Waals surface area (Å²) in [6.07, 6.45) is 2.90. The molecule has 0 radical (unpaired) electrons. The smallest absolute Gasteiger partial charge is 0.222 e. The van der Waals surface area contributed by atoms with E-state index in [0.717, 1.165) is 24.7 Å². The van der Waals surface area contributed by atoms with Crippen LogP contribution >= 0.6 is 11.8 Å². The molecule has 1 aliphatic heterocycles. The van der Waals surface area contributed by atoms with E-state index in [0.29, 0.717) is 31.5 Å². The Morgan fingerprint density at radius 2 is 1.92 bits per heavy atom. The van der Waals surface area contributed by atoms with Gasteiger partial charge in [0.1, 0.15) is 11.6 Å². The van der Waals surface area contributed by atoms with Crippen molar-refractivity contribution in [3.05, 3.63) is 71.3 Å². The molecular weight excluding hydrogens is 352 g/mol. The number of amides is 1. The molecule has 2 nitrogen and oxygen atoms in total. The molecule has 1 unspecified atom stereocenters. The van der Waals surface area contributed by atoms with Gasteiger partial charge >= 0.3 is 0 Å². The fraction of sp³-hybridized carbons (Fsp3) is 0.381. The Hall–Kier alpha value is -1.88. The number of aryl methyl sites for hydroxylation is 1. The Bertz CT molecular complexity index is 738. The average Bonchev–Trinajstić information content (AvgIpc) is 2.91. The summed E-state index contributed by atoms with van der Waals surface area (Å²) in [4.78, 5) is 14.4. The van der Waals surface area contributed by atoms with Crippen molar-refractivity contribution in [1.82, 2.24) is 4.90 Å². The molecule has 3 rings (SSSR count). The van der Waals surface area contributed by atoms with Crippen LogP contribution < -0.4 is 0 Å².